The number of piperidine rings is 1. The molecule has 5 fully saturated rings. The molecule has 1 aliphatic carbocycles. The molecule has 1 saturated carbocycles. The Bertz CT molecular complexity index is 975. The van der Waals surface area contributed by atoms with Gasteiger partial charge in [0.15, 0.2) is 0 Å². The maximum absolute atomic E-state index is 13.3. The van der Waals surface area contributed by atoms with Gasteiger partial charge in [-0.1, -0.05) is 27.7 Å². The Morgan fingerprint density at radius 3 is 2.57 bits per heavy atom. The topological polar surface area (TPSA) is 139 Å². The Kier molecular flexibility index (Phi) is 11.3. The zero-order chi connectivity index (χ0) is 31.6. The van der Waals surface area contributed by atoms with Crippen LogP contribution in [0.2, 0.25) is 0 Å². The van der Waals surface area contributed by atoms with E-state index in [1.165, 1.54) is 0 Å². The summed E-state index contributed by atoms with van der Waals surface area (Å²) in [7, 11) is 0. The molecule has 0 aromatic rings. The van der Waals surface area contributed by atoms with Crippen molar-refractivity contribution in [2.75, 3.05) is 52.6 Å². The first kappa shape index (κ1) is 34.0. The summed E-state index contributed by atoms with van der Waals surface area (Å²) in [6.07, 6.45) is 3.66. The smallest absolute Gasteiger partial charge is 0.237 e. The van der Waals surface area contributed by atoms with E-state index in [0.717, 1.165) is 32.4 Å². The van der Waals surface area contributed by atoms with E-state index in [1.807, 2.05) is 4.90 Å². The molecule has 0 aromatic heterocycles. The first-order valence-corrected chi connectivity index (χ1v) is 17.1. The second kappa shape index (κ2) is 14.6. The molecular formula is C32H59N7O5. The Hall–Kier alpha value is -1.38. The molecule has 5 rings (SSSR count). The third-order valence-electron chi connectivity index (χ3n) is 10.8. The number of hydrogen-bond donors (Lipinski definition) is 6. The summed E-state index contributed by atoms with van der Waals surface area (Å²) >= 11 is 0. The van der Waals surface area contributed by atoms with Crippen molar-refractivity contribution in [3.05, 3.63) is 0 Å². The second-order valence-electron chi connectivity index (χ2n) is 15.3. The molecule has 252 valence electrons. The van der Waals surface area contributed by atoms with Crippen LogP contribution in [0, 0.1) is 23.2 Å². The van der Waals surface area contributed by atoms with Crippen molar-refractivity contribution in [1.29, 1.82) is 0 Å². The van der Waals surface area contributed by atoms with Crippen molar-refractivity contribution >= 4 is 11.8 Å². The molecule has 0 bridgehead atoms. The first-order chi connectivity index (χ1) is 20.9. The van der Waals surface area contributed by atoms with Crippen LogP contribution in [-0.2, 0) is 19.1 Å². The Morgan fingerprint density at radius 2 is 1.89 bits per heavy atom. The average Bonchev–Trinajstić information content (AvgIpc) is 3.36. The van der Waals surface area contributed by atoms with Crippen LogP contribution in [0.4, 0.5) is 0 Å². The van der Waals surface area contributed by atoms with E-state index in [2.05, 4.69) is 66.1 Å². The molecule has 10 atom stereocenters. The van der Waals surface area contributed by atoms with Gasteiger partial charge in [-0.05, 0) is 55.9 Å². The number of nitrogens with zero attached hydrogens (tertiary/aromatic N) is 2. The lowest BCUT2D eigenvalue weighted by molar-refractivity contribution is -0.133. The van der Waals surface area contributed by atoms with Crippen molar-refractivity contribution in [1.82, 2.24) is 36.4 Å². The summed E-state index contributed by atoms with van der Waals surface area (Å²) in [5.74, 6) is 1.81. The Balaban J connectivity index is 1.04. The molecule has 4 saturated heterocycles. The first-order valence-electron chi connectivity index (χ1n) is 17.1. The number of carbonyl (C=O) groups excluding carboxylic acids is 2. The highest BCUT2D eigenvalue weighted by Gasteiger charge is 2.42. The molecule has 5 aliphatic rings. The number of β-amino-alcohol motifs (C(OH)–C–C–N with tert-alkyl or cyclic N) is 1. The van der Waals surface area contributed by atoms with Gasteiger partial charge in [0.25, 0.3) is 0 Å². The number of ether oxygens (including phenoxy) is 2. The van der Waals surface area contributed by atoms with Gasteiger partial charge in [0.2, 0.25) is 11.8 Å². The van der Waals surface area contributed by atoms with E-state index in [-0.39, 0.29) is 54.3 Å². The number of aliphatic hydroxyl groups is 1. The molecule has 4 heterocycles. The van der Waals surface area contributed by atoms with Crippen molar-refractivity contribution in [2.45, 2.75) is 116 Å². The molecule has 0 aromatic carbocycles. The number of fused-ring (bicyclic) bond motifs is 1. The van der Waals surface area contributed by atoms with Gasteiger partial charge < -0.3 is 29.7 Å². The van der Waals surface area contributed by atoms with Gasteiger partial charge in [-0.15, -0.1) is 0 Å². The second-order valence-corrected chi connectivity index (χ2v) is 15.3. The molecule has 4 aliphatic heterocycles. The lowest BCUT2D eigenvalue weighted by atomic mass is 9.68. The minimum absolute atomic E-state index is 0.0407. The maximum Gasteiger partial charge on any atom is 0.237 e. The zero-order valence-corrected chi connectivity index (χ0v) is 27.8. The molecule has 6 N–H and O–H groups in total. The number of amides is 2. The van der Waals surface area contributed by atoms with Crippen LogP contribution in [0.25, 0.3) is 0 Å². The van der Waals surface area contributed by atoms with Crippen molar-refractivity contribution in [2.24, 2.45) is 23.2 Å². The maximum atomic E-state index is 13.3. The van der Waals surface area contributed by atoms with Crippen LogP contribution in [0.3, 0.4) is 0 Å². The van der Waals surface area contributed by atoms with E-state index in [1.54, 1.807) is 6.92 Å². The zero-order valence-electron chi connectivity index (χ0n) is 27.8. The lowest BCUT2D eigenvalue weighted by Gasteiger charge is -2.47. The van der Waals surface area contributed by atoms with E-state index >= 15 is 0 Å². The van der Waals surface area contributed by atoms with Gasteiger partial charge in [0.1, 0.15) is 0 Å². The third-order valence-corrected chi connectivity index (χ3v) is 10.8. The fourth-order valence-electron chi connectivity index (χ4n) is 7.87. The largest absolute Gasteiger partial charge is 0.390 e. The number of nitrogens with one attached hydrogen (secondary N) is 5. The van der Waals surface area contributed by atoms with E-state index in [4.69, 9.17) is 9.47 Å². The quantitative estimate of drug-likeness (QED) is 0.198. The van der Waals surface area contributed by atoms with Gasteiger partial charge in [-0.25, -0.2) is 0 Å². The summed E-state index contributed by atoms with van der Waals surface area (Å²) < 4.78 is 12.1. The SMILES string of the molecule is CC(=O)N1CC(NC2CC(C(=O)NC[C@H](O)CN3CCC4C(CCC(OCC5OCNC5C)C4C)C3)NC(C(C)(C)C)N2)C1. The number of carbonyl (C=O) groups is 2. The van der Waals surface area contributed by atoms with E-state index < -0.39 is 6.10 Å². The molecule has 12 nitrogen and oxygen atoms in total. The molecule has 2 amide bonds. The summed E-state index contributed by atoms with van der Waals surface area (Å²) in [6, 6.07) is 0.191. The Labute approximate surface area is 264 Å². The van der Waals surface area contributed by atoms with E-state index in [9.17, 15) is 14.7 Å². The molecule has 12 heteroatoms. The fraction of sp³-hybridized carbons (Fsp3) is 0.938. The van der Waals surface area contributed by atoms with Crippen molar-refractivity contribution in [3.8, 4) is 0 Å². The number of rotatable bonds is 10. The monoisotopic (exact) mass is 621 g/mol. The van der Waals surface area contributed by atoms with Gasteiger partial charge in [-0.2, -0.15) is 0 Å². The third kappa shape index (κ3) is 8.50. The van der Waals surface area contributed by atoms with Crippen LogP contribution in [0.1, 0.15) is 67.2 Å². The standard InChI is InChI=1S/C32H59N7O5/c1-19-25-9-10-38(13-22(25)7-8-27(19)43-17-28-20(2)34-18-44-28)16-24(41)12-33-30(42)26-11-29(37-31(36-26)32(4,5)6)35-23-14-39(15-23)21(3)40/h19-20,22-29,31,34-37,41H,7-18H2,1-6H3,(H,33,42)/t19?,20?,22?,24-,25?,26?,27?,28?,29?,31?/m0/s1. The highest BCUT2D eigenvalue weighted by Crippen LogP contribution is 2.41. The van der Waals surface area contributed by atoms with Gasteiger partial charge >= 0.3 is 0 Å². The summed E-state index contributed by atoms with van der Waals surface area (Å²) in [5, 5.41) is 28.0. The van der Waals surface area contributed by atoms with Crippen molar-refractivity contribution in [3.63, 3.8) is 0 Å². The molecule has 9 unspecified atom stereocenters. The fourth-order valence-corrected chi connectivity index (χ4v) is 7.87. The minimum atomic E-state index is -0.615. The molecule has 0 spiro atoms. The van der Waals surface area contributed by atoms with Crippen molar-refractivity contribution < 1.29 is 24.2 Å². The highest BCUT2D eigenvalue weighted by molar-refractivity contribution is 5.82. The van der Waals surface area contributed by atoms with Crippen LogP contribution < -0.4 is 26.6 Å². The predicted octanol–water partition coefficient (Wildman–Crippen LogP) is 0.0212. The lowest BCUT2D eigenvalue weighted by Crippen LogP contribution is -2.72. The molecule has 0 radical (unpaired) electrons. The van der Waals surface area contributed by atoms with Gasteiger partial charge in [0.05, 0.1) is 50.0 Å². The Morgan fingerprint density at radius 1 is 1.11 bits per heavy atom. The van der Waals surface area contributed by atoms with Gasteiger partial charge in [0, 0.05) is 58.2 Å². The summed E-state index contributed by atoms with van der Waals surface area (Å²) in [4.78, 5) is 29.1. The normalized spacial score (nSPS) is 37.7. The molecular weight excluding hydrogens is 562 g/mol. The minimum Gasteiger partial charge on any atom is -0.390 e. The van der Waals surface area contributed by atoms with Crippen LogP contribution in [-0.4, -0.2) is 128 Å². The van der Waals surface area contributed by atoms with Crippen LogP contribution >= 0.6 is 0 Å². The summed E-state index contributed by atoms with van der Waals surface area (Å²) in [5.41, 5.74) is -0.0985. The number of hydrogen-bond acceptors (Lipinski definition) is 10. The number of aliphatic hydroxyl groups excluding tert-OH is 1. The van der Waals surface area contributed by atoms with Crippen LogP contribution in [0.15, 0.2) is 0 Å². The number of likely N-dealkylation sites (tertiary alicyclic amines) is 2. The van der Waals surface area contributed by atoms with Gasteiger partial charge in [-0.3, -0.25) is 30.9 Å². The predicted molar refractivity (Wildman–Crippen MR) is 168 cm³/mol. The average molecular weight is 622 g/mol. The van der Waals surface area contributed by atoms with E-state index in [0.29, 0.717) is 69.3 Å². The molecule has 44 heavy (non-hydrogen) atoms. The summed E-state index contributed by atoms with van der Waals surface area (Å²) in [6.45, 7) is 18.0. The van der Waals surface area contributed by atoms with Crippen LogP contribution in [0.5, 0.6) is 0 Å². The highest BCUT2D eigenvalue weighted by atomic mass is 16.5.